The van der Waals surface area contributed by atoms with Gasteiger partial charge >= 0.3 is 4.87 Å². The molecule has 0 spiro atoms. The minimum atomic E-state index is 0.0218. The van der Waals surface area contributed by atoms with Crippen LogP contribution in [0.25, 0.3) is 11.3 Å². The Morgan fingerprint density at radius 3 is 2.78 bits per heavy atom. The summed E-state index contributed by atoms with van der Waals surface area (Å²) in [6, 6.07) is 8.55. The van der Waals surface area contributed by atoms with Crippen LogP contribution in [0.2, 0.25) is 0 Å². The van der Waals surface area contributed by atoms with Crippen molar-refractivity contribution < 1.29 is 4.74 Å². The van der Waals surface area contributed by atoms with Gasteiger partial charge < -0.3 is 9.72 Å². The van der Waals surface area contributed by atoms with Crippen molar-refractivity contribution in [3.05, 3.63) is 38.8 Å². The van der Waals surface area contributed by atoms with Crippen LogP contribution in [-0.4, -0.2) is 29.1 Å². The number of nitrogens with zero attached hydrogens (tertiary/aromatic N) is 1. The number of H-pyrrole nitrogens is 1. The van der Waals surface area contributed by atoms with Gasteiger partial charge in [0.1, 0.15) is 5.75 Å². The number of thiazole rings is 1. The maximum Gasteiger partial charge on any atom is 0.305 e. The number of ether oxygens (including phenoxy) is 1. The Kier molecular flexibility index (Phi) is 5.18. The molecule has 0 aliphatic carbocycles. The summed E-state index contributed by atoms with van der Waals surface area (Å²) >= 11 is 1.34. The van der Waals surface area contributed by atoms with E-state index in [9.17, 15) is 4.79 Å². The van der Waals surface area contributed by atoms with Crippen molar-refractivity contribution in [2.45, 2.75) is 45.7 Å². The van der Waals surface area contributed by atoms with Gasteiger partial charge in [0.15, 0.2) is 0 Å². The van der Waals surface area contributed by atoms with E-state index < -0.39 is 0 Å². The van der Waals surface area contributed by atoms with Crippen molar-refractivity contribution >= 4 is 11.3 Å². The second-order valence-corrected chi connectivity index (χ2v) is 7.15. The second kappa shape index (κ2) is 7.32. The summed E-state index contributed by atoms with van der Waals surface area (Å²) in [7, 11) is 0. The fourth-order valence-corrected chi connectivity index (χ4v) is 4.04. The number of likely N-dealkylation sites (tertiary alicyclic amines) is 1. The normalized spacial score (nSPS) is 19.0. The second-order valence-electron chi connectivity index (χ2n) is 6.09. The molecule has 0 radical (unpaired) electrons. The maximum absolute atomic E-state index is 11.9. The molecule has 4 nitrogen and oxygen atoms in total. The number of rotatable bonds is 5. The lowest BCUT2D eigenvalue weighted by molar-refractivity contribution is 0.154. The molecular formula is C18H24N2O2S. The topological polar surface area (TPSA) is 45.3 Å². The Morgan fingerprint density at radius 1 is 1.30 bits per heavy atom. The first-order valence-electron chi connectivity index (χ1n) is 8.36. The van der Waals surface area contributed by atoms with Gasteiger partial charge in [0.25, 0.3) is 0 Å². The quantitative estimate of drug-likeness (QED) is 0.904. The van der Waals surface area contributed by atoms with Crippen LogP contribution in [0.1, 0.15) is 38.0 Å². The molecule has 2 aromatic rings. The zero-order valence-corrected chi connectivity index (χ0v) is 14.6. The van der Waals surface area contributed by atoms with Gasteiger partial charge in [-0.3, -0.25) is 9.69 Å². The van der Waals surface area contributed by atoms with E-state index in [0.717, 1.165) is 35.0 Å². The number of nitrogens with one attached hydrogen (secondary N) is 1. The zero-order valence-electron chi connectivity index (χ0n) is 13.8. The van der Waals surface area contributed by atoms with Gasteiger partial charge in [0.05, 0.1) is 12.3 Å². The van der Waals surface area contributed by atoms with Gasteiger partial charge in [-0.25, -0.2) is 0 Å². The first kappa shape index (κ1) is 16.3. The Bertz CT molecular complexity index is 690. The Labute approximate surface area is 141 Å². The van der Waals surface area contributed by atoms with Crippen LogP contribution < -0.4 is 9.61 Å². The van der Waals surface area contributed by atoms with Crippen molar-refractivity contribution in [2.75, 3.05) is 13.2 Å². The molecule has 5 heteroatoms. The average Bonchev–Trinajstić information content (AvgIpc) is 2.91. The van der Waals surface area contributed by atoms with Crippen LogP contribution in [0.5, 0.6) is 5.75 Å². The van der Waals surface area contributed by atoms with Gasteiger partial charge in [0.2, 0.25) is 0 Å². The molecule has 1 atom stereocenters. The summed E-state index contributed by atoms with van der Waals surface area (Å²) in [5.74, 6) is 0.861. The molecule has 1 aliphatic rings. The largest absolute Gasteiger partial charge is 0.494 e. The van der Waals surface area contributed by atoms with Gasteiger partial charge in [0, 0.05) is 17.5 Å². The number of piperidine rings is 1. The van der Waals surface area contributed by atoms with E-state index >= 15 is 0 Å². The number of benzene rings is 1. The summed E-state index contributed by atoms with van der Waals surface area (Å²) in [6.45, 7) is 6.89. The minimum absolute atomic E-state index is 0.0218. The lowest BCUT2D eigenvalue weighted by atomic mass is 10.0. The predicted molar refractivity (Wildman–Crippen MR) is 95.3 cm³/mol. The van der Waals surface area contributed by atoms with Crippen LogP contribution in [0.3, 0.4) is 0 Å². The van der Waals surface area contributed by atoms with Crippen LogP contribution in [0, 0.1) is 0 Å². The van der Waals surface area contributed by atoms with Crippen LogP contribution in [0.4, 0.5) is 0 Å². The highest BCUT2D eigenvalue weighted by Gasteiger charge is 2.21. The van der Waals surface area contributed by atoms with E-state index in [1.165, 1.54) is 30.6 Å². The van der Waals surface area contributed by atoms with Gasteiger partial charge in [-0.2, -0.15) is 0 Å². The summed E-state index contributed by atoms with van der Waals surface area (Å²) in [4.78, 5) is 18.6. The molecule has 1 aromatic heterocycles. The highest BCUT2D eigenvalue weighted by Crippen LogP contribution is 2.28. The first-order chi connectivity index (χ1) is 11.2. The molecule has 2 heterocycles. The number of hydrogen-bond acceptors (Lipinski definition) is 4. The Hall–Kier alpha value is -1.59. The molecule has 0 saturated carbocycles. The van der Waals surface area contributed by atoms with Crippen molar-refractivity contribution in [1.29, 1.82) is 0 Å². The molecule has 0 amide bonds. The monoisotopic (exact) mass is 332 g/mol. The van der Waals surface area contributed by atoms with Crippen LogP contribution in [-0.2, 0) is 6.54 Å². The highest BCUT2D eigenvalue weighted by atomic mass is 32.1. The standard InChI is InChI=1S/C18H24N2O2S/c1-3-22-15-9-7-14(8-10-15)17-16(23-18(21)19-17)12-20-11-5-4-6-13(20)2/h7-10,13H,3-6,11-12H2,1-2H3,(H,19,21). The van der Waals surface area contributed by atoms with Crippen molar-refractivity contribution in [3.63, 3.8) is 0 Å². The van der Waals surface area contributed by atoms with Gasteiger partial charge in [-0.15, -0.1) is 0 Å². The molecule has 124 valence electrons. The Balaban J connectivity index is 1.83. The van der Waals surface area contributed by atoms with Crippen molar-refractivity contribution in [2.24, 2.45) is 0 Å². The van der Waals surface area contributed by atoms with Crippen molar-refractivity contribution in [1.82, 2.24) is 9.88 Å². The van der Waals surface area contributed by atoms with Crippen molar-refractivity contribution in [3.8, 4) is 17.0 Å². The summed E-state index contributed by atoms with van der Waals surface area (Å²) in [5, 5.41) is 0. The number of aromatic amines is 1. The SMILES string of the molecule is CCOc1ccc(-c2[nH]c(=O)sc2CN2CCCCC2C)cc1. The molecule has 1 N–H and O–H groups in total. The van der Waals surface area contributed by atoms with E-state index in [1.807, 2.05) is 31.2 Å². The molecular weight excluding hydrogens is 308 g/mol. The number of aromatic nitrogens is 1. The van der Waals surface area contributed by atoms with Gasteiger partial charge in [-0.05, 0) is 63.1 Å². The molecule has 3 rings (SSSR count). The zero-order chi connectivity index (χ0) is 16.2. The summed E-state index contributed by atoms with van der Waals surface area (Å²) in [6.07, 6.45) is 3.81. The summed E-state index contributed by atoms with van der Waals surface area (Å²) in [5.41, 5.74) is 2.01. The van der Waals surface area contributed by atoms with E-state index in [2.05, 4.69) is 16.8 Å². The molecule has 0 bridgehead atoms. The molecule has 23 heavy (non-hydrogen) atoms. The third-order valence-electron chi connectivity index (χ3n) is 4.46. The third kappa shape index (κ3) is 3.85. The van der Waals surface area contributed by atoms with E-state index in [-0.39, 0.29) is 4.87 Å². The maximum atomic E-state index is 11.9. The third-order valence-corrected chi connectivity index (χ3v) is 5.33. The summed E-state index contributed by atoms with van der Waals surface area (Å²) < 4.78 is 5.49. The molecule has 1 aliphatic heterocycles. The fraction of sp³-hybridized carbons (Fsp3) is 0.500. The van der Waals surface area contributed by atoms with Crippen LogP contribution in [0.15, 0.2) is 29.1 Å². The first-order valence-corrected chi connectivity index (χ1v) is 9.18. The van der Waals surface area contributed by atoms with Crippen LogP contribution >= 0.6 is 11.3 Å². The predicted octanol–water partition coefficient (Wildman–Crippen LogP) is 3.88. The fourth-order valence-electron chi connectivity index (χ4n) is 3.17. The molecule has 1 unspecified atom stereocenters. The molecule has 1 aromatic carbocycles. The highest BCUT2D eigenvalue weighted by molar-refractivity contribution is 7.09. The van der Waals surface area contributed by atoms with E-state index in [1.54, 1.807) is 0 Å². The van der Waals surface area contributed by atoms with E-state index in [4.69, 9.17) is 4.74 Å². The Morgan fingerprint density at radius 2 is 2.09 bits per heavy atom. The molecule has 1 saturated heterocycles. The van der Waals surface area contributed by atoms with E-state index in [0.29, 0.717) is 12.6 Å². The lowest BCUT2D eigenvalue weighted by Gasteiger charge is -2.33. The number of hydrogen-bond donors (Lipinski definition) is 1. The molecule has 1 fully saturated rings. The van der Waals surface area contributed by atoms with Gasteiger partial charge in [-0.1, -0.05) is 17.8 Å². The smallest absolute Gasteiger partial charge is 0.305 e. The minimum Gasteiger partial charge on any atom is -0.494 e. The lowest BCUT2D eigenvalue weighted by Crippen LogP contribution is -2.36. The average molecular weight is 332 g/mol.